The first-order valence-corrected chi connectivity index (χ1v) is 4.71. The fraction of sp³-hybridized carbons (Fsp3) is 0. The maximum absolute atomic E-state index is 11.5. The van der Waals surface area contributed by atoms with Gasteiger partial charge in [0.25, 0.3) is 5.91 Å². The molecular weight excluding hydrogens is 224 g/mol. The summed E-state index contributed by atoms with van der Waals surface area (Å²) in [5.41, 5.74) is 4.08. The number of carbonyl (C=O) groups is 2. The van der Waals surface area contributed by atoms with Crippen LogP contribution >= 0.6 is 0 Å². The SMILES string of the molecule is NC(=O)NC(=O)c1cc2ccccc2oc1=O. The highest BCUT2D eigenvalue weighted by Crippen LogP contribution is 2.12. The molecule has 17 heavy (non-hydrogen) atoms. The van der Waals surface area contributed by atoms with Gasteiger partial charge in [-0.15, -0.1) is 0 Å². The van der Waals surface area contributed by atoms with E-state index in [1.807, 2.05) is 0 Å². The molecule has 1 heterocycles. The van der Waals surface area contributed by atoms with Gasteiger partial charge in [0.15, 0.2) is 0 Å². The Labute approximate surface area is 95.0 Å². The van der Waals surface area contributed by atoms with Crippen LogP contribution in [-0.4, -0.2) is 11.9 Å². The standard InChI is InChI=1S/C11H8N2O4/c12-11(16)13-9(14)7-5-6-3-1-2-4-8(6)17-10(7)15/h1-5H,(H3,12,13,14,16). The highest BCUT2D eigenvalue weighted by molar-refractivity contribution is 6.04. The third-order valence-corrected chi connectivity index (χ3v) is 2.12. The zero-order valence-corrected chi connectivity index (χ0v) is 8.60. The molecule has 0 fully saturated rings. The highest BCUT2D eigenvalue weighted by atomic mass is 16.4. The molecule has 1 aromatic carbocycles. The monoisotopic (exact) mass is 232 g/mol. The normalized spacial score (nSPS) is 10.1. The van der Waals surface area contributed by atoms with E-state index in [1.54, 1.807) is 29.6 Å². The summed E-state index contributed by atoms with van der Waals surface area (Å²) in [5, 5.41) is 2.39. The van der Waals surface area contributed by atoms with Gasteiger partial charge in [-0.2, -0.15) is 0 Å². The van der Waals surface area contributed by atoms with Crippen LogP contribution in [0.15, 0.2) is 39.5 Å². The molecule has 2 aromatic rings. The topological polar surface area (TPSA) is 102 Å². The number of hydrogen-bond acceptors (Lipinski definition) is 4. The largest absolute Gasteiger partial charge is 0.422 e. The summed E-state index contributed by atoms with van der Waals surface area (Å²) in [6.45, 7) is 0. The van der Waals surface area contributed by atoms with Gasteiger partial charge in [0.05, 0.1) is 0 Å². The van der Waals surface area contributed by atoms with Gasteiger partial charge in [-0.25, -0.2) is 9.59 Å². The highest BCUT2D eigenvalue weighted by Gasteiger charge is 2.14. The lowest BCUT2D eigenvalue weighted by Crippen LogP contribution is -2.37. The van der Waals surface area contributed by atoms with E-state index in [0.717, 1.165) is 0 Å². The number of hydrogen-bond donors (Lipinski definition) is 2. The second-order valence-electron chi connectivity index (χ2n) is 3.30. The third-order valence-electron chi connectivity index (χ3n) is 2.12. The van der Waals surface area contributed by atoms with Gasteiger partial charge in [0.1, 0.15) is 11.1 Å². The molecule has 0 aliphatic carbocycles. The van der Waals surface area contributed by atoms with E-state index in [4.69, 9.17) is 10.2 Å². The maximum atomic E-state index is 11.5. The number of urea groups is 1. The Balaban J connectivity index is 2.55. The van der Waals surface area contributed by atoms with E-state index in [0.29, 0.717) is 11.0 Å². The Bertz CT molecular complexity index is 660. The minimum Gasteiger partial charge on any atom is -0.422 e. The number of amides is 3. The van der Waals surface area contributed by atoms with E-state index >= 15 is 0 Å². The molecule has 0 atom stereocenters. The minimum absolute atomic E-state index is 0.262. The molecule has 3 N–H and O–H groups in total. The molecule has 3 amide bonds. The molecule has 0 unspecified atom stereocenters. The number of imide groups is 1. The Morgan fingerprint density at radius 1 is 1.24 bits per heavy atom. The van der Waals surface area contributed by atoms with Crippen LogP contribution in [0.25, 0.3) is 11.0 Å². The van der Waals surface area contributed by atoms with Crippen molar-refractivity contribution in [1.29, 1.82) is 0 Å². The molecular formula is C11H8N2O4. The van der Waals surface area contributed by atoms with Crippen LogP contribution in [0.2, 0.25) is 0 Å². The van der Waals surface area contributed by atoms with Crippen molar-refractivity contribution >= 4 is 22.9 Å². The van der Waals surface area contributed by atoms with Crippen LogP contribution in [0, 0.1) is 0 Å². The number of rotatable bonds is 1. The van der Waals surface area contributed by atoms with Crippen LogP contribution in [-0.2, 0) is 0 Å². The summed E-state index contributed by atoms with van der Waals surface area (Å²) >= 11 is 0. The lowest BCUT2D eigenvalue weighted by atomic mass is 10.2. The van der Waals surface area contributed by atoms with Gasteiger partial charge in [-0.1, -0.05) is 18.2 Å². The van der Waals surface area contributed by atoms with Crippen LogP contribution in [0.5, 0.6) is 0 Å². The fourth-order valence-electron chi connectivity index (χ4n) is 1.40. The Morgan fingerprint density at radius 2 is 1.94 bits per heavy atom. The summed E-state index contributed by atoms with van der Waals surface area (Å²) < 4.78 is 4.93. The van der Waals surface area contributed by atoms with Crippen molar-refractivity contribution in [2.24, 2.45) is 5.73 Å². The predicted octanol–water partition coefficient (Wildman–Crippen LogP) is 0.601. The molecule has 0 aliphatic heterocycles. The predicted molar refractivity (Wildman–Crippen MR) is 59.5 cm³/mol. The van der Waals surface area contributed by atoms with Crippen molar-refractivity contribution in [3.8, 4) is 0 Å². The van der Waals surface area contributed by atoms with Crippen LogP contribution in [0.4, 0.5) is 4.79 Å². The number of primary amides is 1. The van der Waals surface area contributed by atoms with Gasteiger partial charge in [-0.3, -0.25) is 10.1 Å². The molecule has 0 bridgehead atoms. The van der Waals surface area contributed by atoms with Gasteiger partial charge in [0, 0.05) is 5.39 Å². The molecule has 1 aromatic heterocycles. The molecule has 86 valence electrons. The van der Waals surface area contributed by atoms with Gasteiger partial charge < -0.3 is 10.2 Å². The van der Waals surface area contributed by atoms with Crippen LogP contribution in [0.3, 0.4) is 0 Å². The third kappa shape index (κ3) is 2.15. The van der Waals surface area contributed by atoms with Gasteiger partial charge in [0.2, 0.25) is 0 Å². The number of nitrogens with one attached hydrogen (secondary N) is 1. The first-order valence-electron chi connectivity index (χ1n) is 4.71. The Morgan fingerprint density at radius 3 is 2.65 bits per heavy atom. The second-order valence-corrected chi connectivity index (χ2v) is 3.30. The molecule has 2 rings (SSSR count). The zero-order chi connectivity index (χ0) is 12.4. The summed E-state index contributed by atoms with van der Waals surface area (Å²) in [6.07, 6.45) is 0. The fourth-order valence-corrected chi connectivity index (χ4v) is 1.40. The van der Waals surface area contributed by atoms with Crippen molar-refractivity contribution in [1.82, 2.24) is 5.32 Å². The Hall–Kier alpha value is -2.63. The average Bonchev–Trinajstić information content (AvgIpc) is 2.27. The van der Waals surface area contributed by atoms with E-state index in [2.05, 4.69) is 0 Å². The molecule has 0 saturated heterocycles. The van der Waals surface area contributed by atoms with Crippen molar-refractivity contribution in [2.75, 3.05) is 0 Å². The number of benzene rings is 1. The number of carbonyl (C=O) groups excluding carboxylic acids is 2. The maximum Gasteiger partial charge on any atom is 0.349 e. The van der Waals surface area contributed by atoms with E-state index in [-0.39, 0.29) is 5.56 Å². The van der Waals surface area contributed by atoms with Crippen molar-refractivity contribution in [2.45, 2.75) is 0 Å². The smallest absolute Gasteiger partial charge is 0.349 e. The van der Waals surface area contributed by atoms with Crippen LogP contribution < -0.4 is 16.7 Å². The number of nitrogens with two attached hydrogens (primary N) is 1. The molecule has 0 aliphatic rings. The molecule has 6 nitrogen and oxygen atoms in total. The number of para-hydroxylation sites is 1. The zero-order valence-electron chi connectivity index (χ0n) is 8.60. The van der Waals surface area contributed by atoms with Gasteiger partial charge in [-0.05, 0) is 12.1 Å². The molecule has 6 heteroatoms. The van der Waals surface area contributed by atoms with Crippen molar-refractivity contribution < 1.29 is 14.0 Å². The van der Waals surface area contributed by atoms with Crippen LogP contribution in [0.1, 0.15) is 10.4 Å². The first-order chi connectivity index (χ1) is 8.08. The van der Waals surface area contributed by atoms with Crippen molar-refractivity contribution in [3.05, 3.63) is 46.3 Å². The van der Waals surface area contributed by atoms with E-state index in [9.17, 15) is 14.4 Å². The number of fused-ring (bicyclic) bond motifs is 1. The van der Waals surface area contributed by atoms with E-state index in [1.165, 1.54) is 6.07 Å². The summed E-state index contributed by atoms with van der Waals surface area (Å²) in [6, 6.07) is 7.04. The molecule has 0 spiro atoms. The molecule has 0 radical (unpaired) electrons. The molecule has 0 saturated carbocycles. The lowest BCUT2D eigenvalue weighted by Gasteiger charge is -2.01. The minimum atomic E-state index is -1.03. The summed E-state index contributed by atoms with van der Waals surface area (Å²) in [7, 11) is 0. The lowest BCUT2D eigenvalue weighted by molar-refractivity contribution is 0.0963. The van der Waals surface area contributed by atoms with Gasteiger partial charge >= 0.3 is 11.7 Å². The average molecular weight is 232 g/mol. The Kier molecular flexibility index (Phi) is 2.61. The van der Waals surface area contributed by atoms with E-state index < -0.39 is 17.6 Å². The van der Waals surface area contributed by atoms with Crippen molar-refractivity contribution in [3.63, 3.8) is 0 Å². The summed E-state index contributed by atoms with van der Waals surface area (Å²) in [5.74, 6) is -0.878. The summed E-state index contributed by atoms with van der Waals surface area (Å²) in [4.78, 5) is 33.4. The first kappa shape index (κ1) is 10.9. The quantitative estimate of drug-likeness (QED) is 0.702. The second kappa shape index (κ2) is 4.09.